The summed E-state index contributed by atoms with van der Waals surface area (Å²) in [6.07, 6.45) is 2.10. The third-order valence-electron chi connectivity index (χ3n) is 5.42. The van der Waals surface area contributed by atoms with Gasteiger partial charge >= 0.3 is 0 Å². The summed E-state index contributed by atoms with van der Waals surface area (Å²) in [5.74, 6) is 0.107. The zero-order chi connectivity index (χ0) is 19.1. The zero-order valence-electron chi connectivity index (χ0n) is 15.6. The summed E-state index contributed by atoms with van der Waals surface area (Å²) in [6, 6.07) is 16.4. The van der Waals surface area contributed by atoms with E-state index in [-0.39, 0.29) is 5.78 Å². The quantitative estimate of drug-likeness (QED) is 0.890. The number of fused-ring (bicyclic) bond motifs is 1. The van der Waals surface area contributed by atoms with E-state index in [0.717, 1.165) is 40.4 Å². The van der Waals surface area contributed by atoms with Crippen LogP contribution in [-0.2, 0) is 4.79 Å². The van der Waals surface area contributed by atoms with Crippen molar-refractivity contribution < 1.29 is 4.79 Å². The highest BCUT2D eigenvalue weighted by Gasteiger charge is 2.40. The van der Waals surface area contributed by atoms with Gasteiger partial charge in [-0.25, -0.2) is 5.01 Å². The van der Waals surface area contributed by atoms with Crippen LogP contribution in [0, 0.1) is 11.3 Å². The number of allylic oxidation sites excluding steroid dienone is 3. The number of rotatable bonds is 2. The number of carbonyl (C=O) groups excluding carboxylic acids is 1. The minimum atomic E-state index is -0.417. The Morgan fingerprint density at radius 2 is 1.89 bits per heavy atom. The van der Waals surface area contributed by atoms with Crippen molar-refractivity contribution in [1.82, 2.24) is 10.0 Å². The number of hydrogen-bond donors (Lipinski definition) is 1. The number of hydrazine groups is 1. The highest BCUT2D eigenvalue weighted by molar-refractivity contribution is 6.01. The molecule has 0 bridgehead atoms. The maximum Gasteiger partial charge on any atom is 0.161 e. The van der Waals surface area contributed by atoms with E-state index in [1.54, 1.807) is 0 Å². The first-order chi connectivity index (χ1) is 13.0. The predicted octanol–water partition coefficient (Wildman–Crippen LogP) is 3.42. The van der Waals surface area contributed by atoms with Crippen LogP contribution < -0.4 is 5.73 Å². The number of nitrogens with zero attached hydrogens (tertiary/aromatic N) is 3. The molecule has 0 saturated carbocycles. The van der Waals surface area contributed by atoms with Crippen LogP contribution in [0.2, 0.25) is 0 Å². The molecule has 0 fully saturated rings. The van der Waals surface area contributed by atoms with Crippen LogP contribution in [0.5, 0.6) is 0 Å². The normalized spacial score (nSPS) is 20.3. The van der Waals surface area contributed by atoms with Gasteiger partial charge in [-0.05, 0) is 29.2 Å². The van der Waals surface area contributed by atoms with Crippen LogP contribution >= 0.6 is 0 Å². The molecule has 4 rings (SSSR count). The summed E-state index contributed by atoms with van der Waals surface area (Å²) >= 11 is 0. The highest BCUT2D eigenvalue weighted by atomic mass is 16.1. The molecule has 0 spiro atoms. The van der Waals surface area contributed by atoms with Crippen molar-refractivity contribution in [1.29, 1.82) is 5.26 Å². The first-order valence-electron chi connectivity index (χ1n) is 9.15. The number of Topliss-reactive ketones (excluding diaryl/α,β-unsaturated/α-hetero) is 1. The summed E-state index contributed by atoms with van der Waals surface area (Å²) in [6.45, 7) is 0. The topological polar surface area (TPSA) is 73.4 Å². The standard InChI is InChI=1S/C22H22N4O/c1-25(2)26-18-11-6-12-19(27)21(18)20(17(13-23)22(26)24)16-10-5-8-14-7-3-4-9-15(14)16/h3-5,7-10,20H,6,11-12,24H2,1-2H3/t20-/m0/s1. The van der Waals surface area contributed by atoms with Crippen molar-refractivity contribution in [2.45, 2.75) is 25.2 Å². The lowest BCUT2D eigenvalue weighted by Crippen LogP contribution is -2.45. The van der Waals surface area contributed by atoms with Gasteiger partial charge in [0, 0.05) is 31.8 Å². The van der Waals surface area contributed by atoms with E-state index in [4.69, 9.17) is 5.73 Å². The lowest BCUT2D eigenvalue weighted by Gasteiger charge is -2.42. The molecule has 27 heavy (non-hydrogen) atoms. The van der Waals surface area contributed by atoms with Gasteiger partial charge in [-0.15, -0.1) is 0 Å². The Bertz CT molecular complexity index is 1040. The fraction of sp³-hybridized carbons (Fsp3) is 0.273. The Morgan fingerprint density at radius 1 is 1.15 bits per heavy atom. The first kappa shape index (κ1) is 17.3. The second kappa shape index (κ2) is 6.57. The van der Waals surface area contributed by atoms with Gasteiger partial charge in [0.05, 0.1) is 17.6 Å². The first-order valence-corrected chi connectivity index (χ1v) is 9.15. The maximum absolute atomic E-state index is 13.0. The van der Waals surface area contributed by atoms with Crippen molar-refractivity contribution in [3.63, 3.8) is 0 Å². The molecule has 0 aromatic heterocycles. The smallest absolute Gasteiger partial charge is 0.161 e. The average molecular weight is 358 g/mol. The van der Waals surface area contributed by atoms with E-state index in [1.165, 1.54) is 0 Å². The van der Waals surface area contributed by atoms with Crippen LogP contribution in [0.4, 0.5) is 0 Å². The number of carbonyl (C=O) groups is 1. The molecular formula is C22H22N4O. The fourth-order valence-corrected chi connectivity index (χ4v) is 4.34. The molecule has 1 aliphatic heterocycles. The van der Waals surface area contributed by atoms with Crippen LogP contribution in [0.3, 0.4) is 0 Å². The van der Waals surface area contributed by atoms with Crippen molar-refractivity contribution in [2.24, 2.45) is 5.73 Å². The van der Waals surface area contributed by atoms with Crippen LogP contribution in [0.1, 0.15) is 30.7 Å². The minimum absolute atomic E-state index is 0.112. The molecular weight excluding hydrogens is 336 g/mol. The van der Waals surface area contributed by atoms with Crippen molar-refractivity contribution >= 4 is 16.6 Å². The van der Waals surface area contributed by atoms with E-state index in [2.05, 4.69) is 6.07 Å². The van der Waals surface area contributed by atoms with E-state index in [9.17, 15) is 10.1 Å². The molecule has 136 valence electrons. The summed E-state index contributed by atoms with van der Waals surface area (Å²) in [4.78, 5) is 13.0. The second-order valence-electron chi connectivity index (χ2n) is 7.21. The fourth-order valence-electron chi connectivity index (χ4n) is 4.34. The van der Waals surface area contributed by atoms with Gasteiger partial charge in [0.2, 0.25) is 0 Å². The summed E-state index contributed by atoms with van der Waals surface area (Å²) in [5, 5.41) is 15.8. The molecule has 0 radical (unpaired) electrons. The van der Waals surface area contributed by atoms with E-state index >= 15 is 0 Å². The Hall–Kier alpha value is -3.10. The molecule has 2 aromatic rings. The van der Waals surface area contributed by atoms with Crippen LogP contribution in [0.25, 0.3) is 10.8 Å². The number of nitriles is 1. The molecule has 1 heterocycles. The number of nitrogens with two attached hydrogens (primary N) is 1. The van der Waals surface area contributed by atoms with Gasteiger partial charge in [-0.3, -0.25) is 9.80 Å². The van der Waals surface area contributed by atoms with Crippen LogP contribution in [0.15, 0.2) is 65.1 Å². The van der Waals surface area contributed by atoms with Crippen LogP contribution in [-0.4, -0.2) is 29.9 Å². The Kier molecular flexibility index (Phi) is 4.21. The van der Waals surface area contributed by atoms with Gasteiger partial charge in [0.15, 0.2) is 5.78 Å². The van der Waals surface area contributed by atoms with Crippen molar-refractivity contribution in [3.8, 4) is 6.07 Å². The summed E-state index contributed by atoms with van der Waals surface area (Å²) < 4.78 is 0. The van der Waals surface area contributed by atoms with Gasteiger partial charge < -0.3 is 5.73 Å². The van der Waals surface area contributed by atoms with Crippen molar-refractivity contribution in [3.05, 3.63) is 70.7 Å². The molecule has 1 aliphatic carbocycles. The van der Waals surface area contributed by atoms with Gasteiger partial charge in [-0.1, -0.05) is 42.5 Å². The van der Waals surface area contributed by atoms with Gasteiger partial charge in [-0.2, -0.15) is 5.26 Å². The number of benzene rings is 2. The highest BCUT2D eigenvalue weighted by Crippen LogP contribution is 2.46. The third-order valence-corrected chi connectivity index (χ3v) is 5.42. The molecule has 5 heteroatoms. The van der Waals surface area contributed by atoms with E-state index in [0.29, 0.717) is 17.8 Å². The van der Waals surface area contributed by atoms with E-state index < -0.39 is 5.92 Å². The van der Waals surface area contributed by atoms with E-state index in [1.807, 2.05) is 66.6 Å². The third kappa shape index (κ3) is 2.61. The number of hydrogen-bond acceptors (Lipinski definition) is 5. The molecule has 5 nitrogen and oxygen atoms in total. The SMILES string of the molecule is CN(C)N1C(N)=C(C#N)[C@H](c2cccc3ccccc23)C2=C1CCCC2=O. The predicted molar refractivity (Wildman–Crippen MR) is 105 cm³/mol. The van der Waals surface area contributed by atoms with Crippen molar-refractivity contribution in [2.75, 3.05) is 14.1 Å². The molecule has 0 amide bonds. The maximum atomic E-state index is 13.0. The number of ketones is 1. The molecule has 0 saturated heterocycles. The monoisotopic (exact) mass is 358 g/mol. The Morgan fingerprint density at radius 3 is 2.63 bits per heavy atom. The minimum Gasteiger partial charge on any atom is -0.383 e. The molecule has 2 aliphatic rings. The molecule has 2 N–H and O–H groups in total. The van der Waals surface area contributed by atoms with Gasteiger partial charge in [0.1, 0.15) is 5.82 Å². The Labute approximate surface area is 158 Å². The second-order valence-corrected chi connectivity index (χ2v) is 7.21. The average Bonchev–Trinajstić information content (AvgIpc) is 2.66. The summed E-state index contributed by atoms with van der Waals surface area (Å²) in [5.41, 5.74) is 9.50. The lowest BCUT2D eigenvalue weighted by molar-refractivity contribution is -0.116. The largest absolute Gasteiger partial charge is 0.383 e. The zero-order valence-corrected chi connectivity index (χ0v) is 15.6. The Balaban J connectivity index is 2.04. The molecule has 1 atom stereocenters. The van der Waals surface area contributed by atoms with Gasteiger partial charge in [0.25, 0.3) is 0 Å². The summed E-state index contributed by atoms with van der Waals surface area (Å²) in [7, 11) is 3.76. The molecule has 2 aromatic carbocycles. The molecule has 0 unspecified atom stereocenters. The lowest BCUT2D eigenvalue weighted by atomic mass is 9.75.